The largest absolute Gasteiger partial charge is 0.340 e. The summed E-state index contributed by atoms with van der Waals surface area (Å²) in [6, 6.07) is 11.1. The van der Waals surface area contributed by atoms with Gasteiger partial charge in [-0.3, -0.25) is 19.1 Å². The van der Waals surface area contributed by atoms with Gasteiger partial charge < -0.3 is 4.90 Å². The molecular weight excluding hydrogens is 585 g/mol. The second-order valence-corrected chi connectivity index (χ2v) is 12.2. The summed E-state index contributed by atoms with van der Waals surface area (Å²) in [4.78, 5) is 35.6. The quantitative estimate of drug-likeness (QED) is 0.262. The summed E-state index contributed by atoms with van der Waals surface area (Å²) in [6.07, 6.45) is 4.55. The highest BCUT2D eigenvalue weighted by molar-refractivity contribution is 6.43. The number of rotatable bonds is 7. The zero-order valence-corrected chi connectivity index (χ0v) is 25.1. The van der Waals surface area contributed by atoms with Crippen LogP contribution < -0.4 is 5.56 Å². The third kappa shape index (κ3) is 5.73. The summed E-state index contributed by atoms with van der Waals surface area (Å²) in [5.41, 5.74) is 2.07. The van der Waals surface area contributed by atoms with Gasteiger partial charge in [0.1, 0.15) is 5.82 Å². The molecule has 2 aliphatic rings. The molecule has 2 fully saturated rings. The molecule has 0 N–H and O–H groups in total. The molecule has 1 aliphatic heterocycles. The third-order valence-electron chi connectivity index (χ3n) is 7.93. The lowest BCUT2D eigenvalue weighted by Gasteiger charge is -2.44. The number of hydrogen-bond donors (Lipinski definition) is 0. The summed E-state index contributed by atoms with van der Waals surface area (Å²) in [5.74, 6) is 0.780. The molecule has 12 heteroatoms. The van der Waals surface area contributed by atoms with E-state index in [4.69, 9.17) is 39.8 Å². The summed E-state index contributed by atoms with van der Waals surface area (Å²) >= 11 is 18.6. The number of amides is 1. The van der Waals surface area contributed by atoms with Crippen LogP contribution in [0.15, 0.2) is 47.4 Å². The lowest BCUT2D eigenvalue weighted by atomic mass is 10.1. The molecule has 1 aliphatic carbocycles. The van der Waals surface area contributed by atoms with Crippen LogP contribution in [0.4, 0.5) is 0 Å². The second-order valence-electron chi connectivity index (χ2n) is 11.0. The first-order chi connectivity index (χ1) is 19.7. The number of piperazine rings is 1. The number of nitrogens with zero attached hydrogens (tertiary/aromatic N) is 7. The molecule has 9 nitrogen and oxygen atoms in total. The molecule has 1 saturated heterocycles. The number of carbonyl (C=O) groups excluding carboxylic acids is 1. The van der Waals surface area contributed by atoms with E-state index in [1.54, 1.807) is 16.8 Å². The molecule has 41 heavy (non-hydrogen) atoms. The van der Waals surface area contributed by atoms with E-state index in [1.807, 2.05) is 39.9 Å². The number of fused-ring (bicyclic) bond motifs is 1. The van der Waals surface area contributed by atoms with Gasteiger partial charge in [0, 0.05) is 50.6 Å². The second kappa shape index (κ2) is 11.4. The first-order valence-electron chi connectivity index (χ1n) is 13.8. The fourth-order valence-corrected chi connectivity index (χ4v) is 6.32. The van der Waals surface area contributed by atoms with Crippen LogP contribution >= 0.6 is 34.8 Å². The predicted octanol–water partition coefficient (Wildman–Crippen LogP) is 5.33. The normalized spacial score (nSPS) is 19.7. The van der Waals surface area contributed by atoms with Crippen molar-refractivity contribution in [3.05, 3.63) is 79.5 Å². The van der Waals surface area contributed by atoms with Crippen molar-refractivity contribution >= 4 is 51.6 Å². The Balaban J connectivity index is 1.11. The molecule has 1 saturated carbocycles. The van der Waals surface area contributed by atoms with Crippen molar-refractivity contribution in [2.75, 3.05) is 13.1 Å². The number of para-hydroxylation sites is 1. The molecular formula is C29H30Cl3N7O2. The molecule has 3 heterocycles. The minimum Gasteiger partial charge on any atom is -0.340 e. The summed E-state index contributed by atoms with van der Waals surface area (Å²) in [7, 11) is 0. The van der Waals surface area contributed by atoms with Gasteiger partial charge in [-0.05, 0) is 51.0 Å². The van der Waals surface area contributed by atoms with Gasteiger partial charge in [0.05, 0.1) is 43.5 Å². The minimum atomic E-state index is -0.00484. The molecule has 4 aromatic rings. The molecule has 214 valence electrons. The number of benzene rings is 2. The van der Waals surface area contributed by atoms with Crippen molar-refractivity contribution in [3.63, 3.8) is 0 Å². The van der Waals surface area contributed by atoms with Crippen LogP contribution in [-0.4, -0.2) is 65.4 Å². The van der Waals surface area contributed by atoms with Gasteiger partial charge in [-0.2, -0.15) is 0 Å². The van der Waals surface area contributed by atoms with Crippen LogP contribution in [-0.2, 0) is 17.8 Å². The number of hydrogen-bond acceptors (Lipinski definition) is 6. The van der Waals surface area contributed by atoms with Crippen LogP contribution in [0.1, 0.15) is 50.7 Å². The average molecular weight is 615 g/mol. The van der Waals surface area contributed by atoms with Crippen molar-refractivity contribution in [2.24, 2.45) is 0 Å². The maximum absolute atomic E-state index is 13.4. The zero-order valence-electron chi connectivity index (χ0n) is 22.8. The molecule has 2 atom stereocenters. The van der Waals surface area contributed by atoms with E-state index in [9.17, 15) is 9.59 Å². The highest BCUT2D eigenvalue weighted by Crippen LogP contribution is 2.35. The SMILES string of the molecule is C[C@@H]1CN(C(=O)CCc2nc3ccccc3c(=O)n2C2CC2)C[C@H](C)N1Cc1cn(-c2cc(Cl)c(Cl)cc2Cl)nn1. The van der Waals surface area contributed by atoms with E-state index >= 15 is 0 Å². The van der Waals surface area contributed by atoms with Crippen LogP contribution in [0.2, 0.25) is 15.1 Å². The topological polar surface area (TPSA) is 89.2 Å². The van der Waals surface area contributed by atoms with E-state index in [-0.39, 0.29) is 29.6 Å². The van der Waals surface area contributed by atoms with E-state index in [2.05, 4.69) is 29.1 Å². The van der Waals surface area contributed by atoms with Gasteiger partial charge in [0.25, 0.3) is 5.56 Å². The first-order valence-corrected chi connectivity index (χ1v) is 14.9. The summed E-state index contributed by atoms with van der Waals surface area (Å²) < 4.78 is 3.41. The smallest absolute Gasteiger partial charge is 0.261 e. The zero-order chi connectivity index (χ0) is 28.8. The molecule has 2 aromatic carbocycles. The minimum absolute atomic E-state index is 0.00484. The van der Waals surface area contributed by atoms with Gasteiger partial charge in [-0.25, -0.2) is 9.67 Å². The molecule has 2 aromatic heterocycles. The Labute approximate surface area is 252 Å². The summed E-state index contributed by atoms with van der Waals surface area (Å²) in [6.45, 7) is 6.03. The summed E-state index contributed by atoms with van der Waals surface area (Å²) in [5, 5.41) is 10.4. The van der Waals surface area contributed by atoms with Crippen molar-refractivity contribution in [1.29, 1.82) is 0 Å². The van der Waals surface area contributed by atoms with E-state index < -0.39 is 0 Å². The maximum Gasteiger partial charge on any atom is 0.261 e. The Morgan fingerprint density at radius 2 is 1.71 bits per heavy atom. The van der Waals surface area contributed by atoms with Gasteiger partial charge >= 0.3 is 0 Å². The Kier molecular flexibility index (Phi) is 7.80. The van der Waals surface area contributed by atoms with Crippen LogP contribution in [0, 0.1) is 0 Å². The van der Waals surface area contributed by atoms with Gasteiger partial charge in [-0.1, -0.05) is 52.1 Å². The van der Waals surface area contributed by atoms with Crippen LogP contribution in [0.25, 0.3) is 16.6 Å². The van der Waals surface area contributed by atoms with Gasteiger partial charge in [0.2, 0.25) is 5.91 Å². The lowest BCUT2D eigenvalue weighted by molar-refractivity contribution is -0.135. The third-order valence-corrected chi connectivity index (χ3v) is 8.96. The van der Waals surface area contributed by atoms with Gasteiger partial charge in [-0.15, -0.1) is 5.10 Å². The Hall–Kier alpha value is -2.98. The first kappa shape index (κ1) is 28.2. The molecule has 0 spiro atoms. The van der Waals surface area contributed by atoms with Crippen LogP contribution in [0.3, 0.4) is 0 Å². The molecule has 6 rings (SSSR count). The number of halogens is 3. The molecule has 0 radical (unpaired) electrons. The van der Waals surface area contributed by atoms with Crippen molar-refractivity contribution in [1.82, 2.24) is 34.3 Å². The fraction of sp³-hybridized carbons (Fsp3) is 0.414. The van der Waals surface area contributed by atoms with Gasteiger partial charge in [0.15, 0.2) is 0 Å². The highest BCUT2D eigenvalue weighted by Gasteiger charge is 2.33. The number of aromatic nitrogens is 5. The van der Waals surface area contributed by atoms with Crippen molar-refractivity contribution in [2.45, 2.75) is 64.2 Å². The number of carbonyl (C=O) groups is 1. The molecule has 1 amide bonds. The average Bonchev–Trinajstić information content (AvgIpc) is 3.67. The molecule has 0 bridgehead atoms. The number of aryl methyl sites for hydroxylation is 1. The van der Waals surface area contributed by atoms with E-state index in [0.29, 0.717) is 70.0 Å². The highest BCUT2D eigenvalue weighted by atomic mass is 35.5. The molecule has 0 unspecified atom stereocenters. The maximum atomic E-state index is 13.4. The predicted molar refractivity (Wildman–Crippen MR) is 160 cm³/mol. The van der Waals surface area contributed by atoms with E-state index in [1.165, 1.54) is 0 Å². The fourth-order valence-electron chi connectivity index (χ4n) is 5.69. The Morgan fingerprint density at radius 1 is 1.00 bits per heavy atom. The van der Waals surface area contributed by atoms with Crippen LogP contribution in [0.5, 0.6) is 0 Å². The van der Waals surface area contributed by atoms with E-state index in [0.717, 1.165) is 18.5 Å². The Bertz CT molecular complexity index is 1670. The van der Waals surface area contributed by atoms with Crippen molar-refractivity contribution < 1.29 is 4.79 Å². The Morgan fingerprint density at radius 3 is 2.44 bits per heavy atom. The standard InChI is InChI=1S/C29H30Cl3N7O2/c1-17-13-36(28(40)10-9-27-33-25-6-4-3-5-21(25)29(41)39(27)20-7-8-20)14-18(2)37(17)15-19-16-38(35-34-19)26-12-23(31)22(30)11-24(26)32/h3-6,11-12,16-18,20H,7-10,13-15H2,1-2H3/t17-,18+. The lowest BCUT2D eigenvalue weighted by Crippen LogP contribution is -2.57. The monoisotopic (exact) mass is 613 g/mol. The van der Waals surface area contributed by atoms with Crippen molar-refractivity contribution in [3.8, 4) is 5.69 Å².